The highest BCUT2D eigenvalue weighted by Gasteiger charge is 2.68. The molecule has 1 spiro atoms. The molecule has 1 aromatic carbocycles. The highest BCUT2D eigenvalue weighted by Crippen LogP contribution is 2.70. The van der Waals surface area contributed by atoms with Crippen LogP contribution in [0.4, 0.5) is 0 Å². The predicted octanol–water partition coefficient (Wildman–Crippen LogP) is 4.17. The second-order valence-corrected chi connectivity index (χ2v) is 10.5. The molecule has 2 bridgehead atoms. The Labute approximate surface area is 181 Å². The van der Waals surface area contributed by atoms with Gasteiger partial charge in [0.2, 0.25) is 5.91 Å². The molecule has 30 heavy (non-hydrogen) atoms. The molecule has 4 rings (SSSR count). The Kier molecular flexibility index (Phi) is 5.65. The van der Waals surface area contributed by atoms with Gasteiger partial charge in [0.25, 0.3) is 0 Å². The zero-order valence-electron chi connectivity index (χ0n) is 19.5. The molecule has 1 aliphatic heterocycles. The van der Waals surface area contributed by atoms with Crippen LogP contribution in [0.1, 0.15) is 63.7 Å². The molecule has 1 N–H and O–H groups in total. The Morgan fingerprint density at radius 2 is 2.10 bits per heavy atom. The molecule has 0 radical (unpaired) electrons. The summed E-state index contributed by atoms with van der Waals surface area (Å²) >= 11 is 0. The molecule has 2 saturated carbocycles. The summed E-state index contributed by atoms with van der Waals surface area (Å²) in [5.74, 6) is 2.19. The van der Waals surface area contributed by atoms with Crippen LogP contribution in [0.3, 0.4) is 0 Å². The van der Waals surface area contributed by atoms with E-state index < -0.39 is 0 Å². The van der Waals surface area contributed by atoms with Gasteiger partial charge in [-0.25, -0.2) is 0 Å². The Hall–Kier alpha value is -1.59. The number of ether oxygens (including phenoxy) is 2. The van der Waals surface area contributed by atoms with Gasteiger partial charge in [0, 0.05) is 31.2 Å². The second-order valence-electron chi connectivity index (χ2n) is 10.5. The Morgan fingerprint density at radius 1 is 1.33 bits per heavy atom. The number of hydrogen-bond acceptors (Lipinski definition) is 4. The fraction of sp³-hybridized carbons (Fsp3) is 0.720. The number of benzene rings is 1. The summed E-state index contributed by atoms with van der Waals surface area (Å²) in [6.07, 6.45) is 4.08. The molecule has 0 aromatic heterocycles. The van der Waals surface area contributed by atoms with Crippen LogP contribution >= 0.6 is 0 Å². The third-order valence-corrected chi connectivity index (χ3v) is 8.25. The molecular formula is C25H38N2O3. The van der Waals surface area contributed by atoms with E-state index in [-0.39, 0.29) is 28.9 Å². The minimum absolute atomic E-state index is 0.0905. The minimum atomic E-state index is 0.0905. The number of carbonyl (C=O) groups excluding carboxylic acids is 1. The quantitative estimate of drug-likeness (QED) is 0.759. The summed E-state index contributed by atoms with van der Waals surface area (Å²) in [6.45, 7) is 8.26. The molecule has 1 unspecified atom stereocenters. The third-order valence-electron chi connectivity index (χ3n) is 8.25. The van der Waals surface area contributed by atoms with E-state index in [0.29, 0.717) is 18.3 Å². The average molecular weight is 415 g/mol. The topological polar surface area (TPSA) is 50.8 Å². The van der Waals surface area contributed by atoms with Gasteiger partial charge in [-0.05, 0) is 73.7 Å². The summed E-state index contributed by atoms with van der Waals surface area (Å²) in [5, 5.41) is 3.45. The first kappa shape index (κ1) is 21.6. The average Bonchev–Trinajstić information content (AvgIpc) is 3.19. The highest BCUT2D eigenvalue weighted by atomic mass is 16.5. The summed E-state index contributed by atoms with van der Waals surface area (Å²) < 4.78 is 12.0. The molecular weight excluding hydrogens is 376 g/mol. The van der Waals surface area contributed by atoms with Crippen LogP contribution in [0.2, 0.25) is 0 Å². The predicted molar refractivity (Wildman–Crippen MR) is 118 cm³/mol. The van der Waals surface area contributed by atoms with Gasteiger partial charge in [0.1, 0.15) is 5.75 Å². The van der Waals surface area contributed by atoms with Crippen LogP contribution < -0.4 is 10.1 Å². The number of hydrogen-bond donors (Lipinski definition) is 1. The van der Waals surface area contributed by atoms with Crippen molar-refractivity contribution < 1.29 is 14.3 Å². The van der Waals surface area contributed by atoms with Crippen molar-refractivity contribution in [3.05, 3.63) is 29.3 Å². The SMILES string of the molecule is CCC(=O)N[C@H]1C(C)(C)[C@@H]2C[C@@H]3[C@@H](c4ccc(OC)c(CN(C)C)c4)OCCC31C2. The smallest absolute Gasteiger partial charge is 0.219 e. The van der Waals surface area contributed by atoms with Crippen LogP contribution in [0.5, 0.6) is 5.75 Å². The summed E-state index contributed by atoms with van der Waals surface area (Å²) in [5.41, 5.74) is 2.73. The highest BCUT2D eigenvalue weighted by molar-refractivity contribution is 5.76. The number of nitrogens with zero attached hydrogens (tertiary/aromatic N) is 1. The number of carbonyl (C=O) groups is 1. The van der Waals surface area contributed by atoms with Gasteiger partial charge in [0.05, 0.1) is 13.2 Å². The van der Waals surface area contributed by atoms with Crippen molar-refractivity contribution >= 4 is 5.91 Å². The minimum Gasteiger partial charge on any atom is -0.496 e. The van der Waals surface area contributed by atoms with Crippen molar-refractivity contribution in [2.75, 3.05) is 27.8 Å². The Morgan fingerprint density at radius 3 is 2.77 bits per heavy atom. The lowest BCUT2D eigenvalue weighted by Crippen LogP contribution is -2.58. The fourth-order valence-corrected chi connectivity index (χ4v) is 6.82. The molecule has 5 heteroatoms. The van der Waals surface area contributed by atoms with Crippen LogP contribution in [-0.2, 0) is 16.1 Å². The van der Waals surface area contributed by atoms with Crippen molar-refractivity contribution in [3.63, 3.8) is 0 Å². The van der Waals surface area contributed by atoms with Gasteiger partial charge >= 0.3 is 0 Å². The zero-order chi connectivity index (χ0) is 21.7. The number of rotatable bonds is 6. The van der Waals surface area contributed by atoms with E-state index >= 15 is 0 Å². The van der Waals surface area contributed by atoms with Crippen molar-refractivity contribution in [2.45, 2.75) is 65.1 Å². The monoisotopic (exact) mass is 414 g/mol. The van der Waals surface area contributed by atoms with Crippen molar-refractivity contribution in [1.82, 2.24) is 10.2 Å². The van der Waals surface area contributed by atoms with E-state index in [1.54, 1.807) is 7.11 Å². The molecule has 3 fully saturated rings. The summed E-state index contributed by atoms with van der Waals surface area (Å²) in [4.78, 5) is 14.6. The molecule has 1 heterocycles. The zero-order valence-corrected chi connectivity index (χ0v) is 19.5. The van der Waals surface area contributed by atoms with Crippen molar-refractivity contribution in [3.8, 4) is 5.75 Å². The number of nitrogens with one attached hydrogen (secondary N) is 1. The van der Waals surface area contributed by atoms with Crippen LogP contribution in [0.15, 0.2) is 18.2 Å². The maximum Gasteiger partial charge on any atom is 0.219 e. The largest absolute Gasteiger partial charge is 0.496 e. The van der Waals surface area contributed by atoms with Crippen LogP contribution in [0.25, 0.3) is 0 Å². The van der Waals surface area contributed by atoms with Crippen molar-refractivity contribution in [1.29, 1.82) is 0 Å². The third kappa shape index (κ3) is 3.34. The molecule has 1 saturated heterocycles. The maximum absolute atomic E-state index is 12.4. The fourth-order valence-electron chi connectivity index (χ4n) is 6.82. The van der Waals surface area contributed by atoms with Gasteiger partial charge in [0.15, 0.2) is 0 Å². The van der Waals surface area contributed by atoms with E-state index in [1.165, 1.54) is 24.0 Å². The van der Waals surface area contributed by atoms with Gasteiger partial charge < -0.3 is 19.7 Å². The number of methoxy groups -OCH3 is 1. The second kappa shape index (κ2) is 7.83. The maximum atomic E-state index is 12.4. The Bertz CT molecular complexity index is 806. The number of amides is 1. The van der Waals surface area contributed by atoms with E-state index in [4.69, 9.17) is 9.47 Å². The first-order valence-electron chi connectivity index (χ1n) is 11.5. The van der Waals surface area contributed by atoms with Gasteiger partial charge in [-0.2, -0.15) is 0 Å². The molecule has 2 aliphatic carbocycles. The van der Waals surface area contributed by atoms with Crippen LogP contribution in [-0.4, -0.2) is 44.7 Å². The summed E-state index contributed by atoms with van der Waals surface area (Å²) in [6, 6.07) is 6.77. The van der Waals surface area contributed by atoms with Gasteiger partial charge in [-0.15, -0.1) is 0 Å². The van der Waals surface area contributed by atoms with Gasteiger partial charge in [-0.1, -0.05) is 26.8 Å². The lowest BCUT2D eigenvalue weighted by atomic mass is 9.58. The van der Waals surface area contributed by atoms with Crippen LogP contribution in [0, 0.1) is 22.7 Å². The normalized spacial score (nSPS) is 34.1. The van der Waals surface area contributed by atoms with E-state index in [1.807, 2.05) is 6.92 Å². The van der Waals surface area contributed by atoms with E-state index in [0.717, 1.165) is 25.3 Å². The molecule has 3 aliphatic rings. The molecule has 1 aromatic rings. The summed E-state index contributed by atoms with van der Waals surface area (Å²) in [7, 11) is 5.90. The first-order chi connectivity index (χ1) is 14.2. The lowest BCUT2D eigenvalue weighted by molar-refractivity contribution is -0.137. The molecule has 166 valence electrons. The molecule has 5 nitrogen and oxygen atoms in total. The lowest BCUT2D eigenvalue weighted by Gasteiger charge is -2.53. The van der Waals surface area contributed by atoms with E-state index in [2.05, 4.69) is 56.4 Å². The number of fused-ring (bicyclic) bond motifs is 1. The Balaban J connectivity index is 1.68. The van der Waals surface area contributed by atoms with Gasteiger partial charge in [-0.3, -0.25) is 4.79 Å². The molecule has 1 amide bonds. The first-order valence-corrected chi connectivity index (χ1v) is 11.5. The van der Waals surface area contributed by atoms with E-state index in [9.17, 15) is 4.79 Å². The molecule has 5 atom stereocenters. The standard InChI is InChI=1S/C25H38N2O3/c1-7-21(28)26-23-24(2,3)18-13-19-22(30-11-10-25(19,23)14-18)16-8-9-20(29-6)17(12-16)15-27(4)5/h8-9,12,18-19,22-23H,7,10-11,13-15H2,1-6H3,(H,26,28)/t18-,19-,22-,23+,25?/m1/s1. The van der Waals surface area contributed by atoms with Crippen molar-refractivity contribution in [2.24, 2.45) is 22.7 Å².